The van der Waals surface area contributed by atoms with Crippen LogP contribution in [0.15, 0.2) is 41.4 Å². The molecule has 0 aliphatic rings. The van der Waals surface area contributed by atoms with Gasteiger partial charge >= 0.3 is 0 Å². The van der Waals surface area contributed by atoms with Gasteiger partial charge in [0.05, 0.1) is 26.2 Å². The van der Waals surface area contributed by atoms with Crippen LogP contribution < -0.4 is 25.8 Å². The number of hydrogen-bond acceptors (Lipinski definition) is 8. The number of tetrazole rings is 1. The number of aromatic amines is 1. The highest BCUT2D eigenvalue weighted by Crippen LogP contribution is 2.27. The Morgan fingerprint density at radius 3 is 2.50 bits per heavy atom. The summed E-state index contributed by atoms with van der Waals surface area (Å²) in [5.74, 6) is -0.192. The van der Waals surface area contributed by atoms with Crippen LogP contribution in [-0.4, -0.2) is 58.7 Å². The molecule has 38 heavy (non-hydrogen) atoms. The second kappa shape index (κ2) is 13.1. The van der Waals surface area contributed by atoms with Gasteiger partial charge in [-0.3, -0.25) is 14.9 Å². The zero-order valence-electron chi connectivity index (χ0n) is 21.6. The van der Waals surface area contributed by atoms with Crippen molar-refractivity contribution in [2.24, 2.45) is 16.6 Å². The molecule has 3 rings (SSSR count). The number of aliphatic imine (C=N–C) groups is 1. The van der Waals surface area contributed by atoms with E-state index in [1.807, 2.05) is 13.8 Å². The van der Waals surface area contributed by atoms with E-state index in [0.717, 1.165) is 0 Å². The maximum absolute atomic E-state index is 14.2. The third kappa shape index (κ3) is 7.72. The molecule has 0 bridgehead atoms. The summed E-state index contributed by atoms with van der Waals surface area (Å²) in [7, 11) is 3.04. The van der Waals surface area contributed by atoms with E-state index in [1.165, 1.54) is 26.4 Å². The standard InChI is InChI=1S/C25H31FN8O4/c1-14(2)9-19(24(36)28-13-16-5-7-18(26)17(10-16)23-31-33-34-32-23)29-25(27)30-22(35)12-15-6-8-20(37-3)21(11-15)38-4/h5-8,10-11,14,19H,9,12-13H2,1-4H3,(H,28,36)(H3,27,29,30,35)(H,31,32,33,34). The van der Waals surface area contributed by atoms with Crippen molar-refractivity contribution in [3.8, 4) is 22.9 Å². The molecule has 1 aromatic heterocycles. The fourth-order valence-corrected chi connectivity index (χ4v) is 3.66. The summed E-state index contributed by atoms with van der Waals surface area (Å²) in [5, 5.41) is 18.6. The summed E-state index contributed by atoms with van der Waals surface area (Å²) in [6.07, 6.45) is 0.417. The smallest absolute Gasteiger partial charge is 0.245 e. The molecule has 0 saturated heterocycles. The molecule has 3 aromatic rings. The molecule has 0 spiro atoms. The molecule has 1 unspecified atom stereocenters. The van der Waals surface area contributed by atoms with Gasteiger partial charge in [-0.2, -0.15) is 5.21 Å². The minimum atomic E-state index is -0.839. The molecule has 12 nitrogen and oxygen atoms in total. The number of hydrogen-bond donors (Lipinski definition) is 4. The van der Waals surface area contributed by atoms with Gasteiger partial charge in [0.15, 0.2) is 17.5 Å². The van der Waals surface area contributed by atoms with Crippen molar-refractivity contribution < 1.29 is 23.5 Å². The molecule has 5 N–H and O–H groups in total. The number of halogens is 1. The number of ether oxygens (including phenoxy) is 2. The molecule has 1 heterocycles. The van der Waals surface area contributed by atoms with E-state index < -0.39 is 17.8 Å². The van der Waals surface area contributed by atoms with Gasteiger partial charge in [-0.1, -0.05) is 26.0 Å². The average molecular weight is 527 g/mol. The van der Waals surface area contributed by atoms with E-state index in [0.29, 0.717) is 29.0 Å². The summed E-state index contributed by atoms with van der Waals surface area (Å²) in [5.41, 5.74) is 7.44. The number of nitrogens with two attached hydrogens (primary N) is 1. The number of carbonyl (C=O) groups excluding carboxylic acids is 2. The van der Waals surface area contributed by atoms with Gasteiger partial charge in [-0.25, -0.2) is 9.38 Å². The number of nitrogens with one attached hydrogen (secondary N) is 3. The molecule has 202 valence electrons. The van der Waals surface area contributed by atoms with E-state index in [1.54, 1.807) is 24.3 Å². The summed E-state index contributed by atoms with van der Waals surface area (Å²) in [4.78, 5) is 29.7. The van der Waals surface area contributed by atoms with Crippen molar-refractivity contribution >= 4 is 17.8 Å². The summed E-state index contributed by atoms with van der Waals surface area (Å²) < 4.78 is 24.6. The van der Waals surface area contributed by atoms with Gasteiger partial charge in [0.2, 0.25) is 17.6 Å². The van der Waals surface area contributed by atoms with E-state index in [4.69, 9.17) is 15.2 Å². The Kier molecular flexibility index (Phi) is 9.68. The lowest BCUT2D eigenvalue weighted by Gasteiger charge is -2.16. The normalized spacial score (nSPS) is 12.2. The Bertz CT molecular complexity index is 1280. The lowest BCUT2D eigenvalue weighted by Crippen LogP contribution is -2.41. The molecule has 2 aromatic carbocycles. The predicted octanol–water partition coefficient (Wildman–Crippen LogP) is 1.73. The fourth-order valence-electron chi connectivity index (χ4n) is 3.66. The second-order valence-corrected chi connectivity index (χ2v) is 8.84. The molecule has 0 fully saturated rings. The van der Waals surface area contributed by atoms with Crippen LogP contribution in [0.5, 0.6) is 11.5 Å². The Hall–Kier alpha value is -4.55. The Morgan fingerprint density at radius 1 is 1.11 bits per heavy atom. The zero-order valence-corrected chi connectivity index (χ0v) is 21.6. The van der Waals surface area contributed by atoms with E-state index >= 15 is 0 Å². The van der Waals surface area contributed by atoms with Gasteiger partial charge < -0.3 is 20.5 Å². The van der Waals surface area contributed by atoms with Crippen LogP contribution >= 0.6 is 0 Å². The summed E-state index contributed by atoms with van der Waals surface area (Å²) >= 11 is 0. The van der Waals surface area contributed by atoms with Crippen molar-refractivity contribution in [2.75, 3.05) is 14.2 Å². The molecule has 0 aliphatic carbocycles. The number of guanidine groups is 1. The Labute approximate surface area is 219 Å². The van der Waals surface area contributed by atoms with Crippen LogP contribution in [-0.2, 0) is 22.6 Å². The van der Waals surface area contributed by atoms with Crippen LogP contribution in [0, 0.1) is 11.7 Å². The topological polar surface area (TPSA) is 169 Å². The Morgan fingerprint density at radius 2 is 1.84 bits per heavy atom. The largest absolute Gasteiger partial charge is 0.493 e. The second-order valence-electron chi connectivity index (χ2n) is 8.84. The summed E-state index contributed by atoms with van der Waals surface area (Å²) in [6.45, 7) is 4.00. The van der Waals surface area contributed by atoms with Crippen LogP contribution in [0.3, 0.4) is 0 Å². The first-order valence-corrected chi connectivity index (χ1v) is 11.8. The lowest BCUT2D eigenvalue weighted by molar-refractivity contribution is -0.123. The first kappa shape index (κ1) is 28.0. The number of carbonyl (C=O) groups is 2. The van der Waals surface area contributed by atoms with Crippen molar-refractivity contribution in [1.82, 2.24) is 31.3 Å². The van der Waals surface area contributed by atoms with Gasteiger partial charge in [0.1, 0.15) is 11.9 Å². The number of H-pyrrole nitrogens is 1. The lowest BCUT2D eigenvalue weighted by atomic mass is 10.0. The number of amides is 2. The van der Waals surface area contributed by atoms with Gasteiger partial charge in [-0.15, -0.1) is 10.2 Å². The maximum Gasteiger partial charge on any atom is 0.245 e. The average Bonchev–Trinajstić information content (AvgIpc) is 3.42. The van der Waals surface area contributed by atoms with Crippen molar-refractivity contribution in [3.63, 3.8) is 0 Å². The minimum Gasteiger partial charge on any atom is -0.493 e. The van der Waals surface area contributed by atoms with Crippen LogP contribution in [0.4, 0.5) is 4.39 Å². The molecule has 1 atom stereocenters. The number of methoxy groups -OCH3 is 2. The van der Waals surface area contributed by atoms with Crippen LogP contribution in [0.2, 0.25) is 0 Å². The van der Waals surface area contributed by atoms with Gasteiger partial charge in [0, 0.05) is 6.54 Å². The highest BCUT2D eigenvalue weighted by molar-refractivity contribution is 5.98. The van der Waals surface area contributed by atoms with Crippen molar-refractivity contribution in [3.05, 3.63) is 53.3 Å². The monoisotopic (exact) mass is 526 g/mol. The zero-order chi connectivity index (χ0) is 27.7. The maximum atomic E-state index is 14.2. The molecule has 13 heteroatoms. The third-order valence-electron chi connectivity index (χ3n) is 5.46. The molecular formula is C25H31FN8O4. The fraction of sp³-hybridized carbons (Fsp3) is 0.360. The number of benzene rings is 2. The van der Waals surface area contributed by atoms with Gasteiger partial charge in [0.25, 0.3) is 0 Å². The van der Waals surface area contributed by atoms with Crippen LogP contribution in [0.1, 0.15) is 31.4 Å². The van der Waals surface area contributed by atoms with Crippen molar-refractivity contribution in [1.29, 1.82) is 0 Å². The highest BCUT2D eigenvalue weighted by Gasteiger charge is 2.20. The quantitative estimate of drug-likeness (QED) is 0.216. The molecular weight excluding hydrogens is 495 g/mol. The summed E-state index contributed by atoms with van der Waals surface area (Å²) in [6, 6.07) is 8.64. The van der Waals surface area contributed by atoms with Gasteiger partial charge in [-0.05, 0) is 52.9 Å². The highest BCUT2D eigenvalue weighted by atomic mass is 19.1. The predicted molar refractivity (Wildman–Crippen MR) is 138 cm³/mol. The van der Waals surface area contributed by atoms with Crippen LogP contribution in [0.25, 0.3) is 11.4 Å². The minimum absolute atomic E-state index is 0.0187. The van der Waals surface area contributed by atoms with E-state index in [2.05, 4.69) is 36.3 Å². The number of nitrogens with zero attached hydrogens (tertiary/aromatic N) is 4. The molecule has 0 saturated carbocycles. The SMILES string of the molecule is COc1ccc(CC(=O)NC(N)=NC(CC(C)C)C(=O)NCc2ccc(F)c(-c3nn[nH]n3)c2)cc1OC. The number of rotatable bonds is 11. The van der Waals surface area contributed by atoms with Crippen molar-refractivity contribution in [2.45, 2.75) is 39.3 Å². The van der Waals surface area contributed by atoms with E-state index in [-0.39, 0.29) is 42.1 Å². The first-order valence-electron chi connectivity index (χ1n) is 11.8. The molecule has 0 aliphatic heterocycles. The Balaban J connectivity index is 1.64. The third-order valence-corrected chi connectivity index (χ3v) is 5.46. The molecule has 2 amide bonds. The van der Waals surface area contributed by atoms with E-state index in [9.17, 15) is 14.0 Å². The number of aromatic nitrogens is 4. The first-order chi connectivity index (χ1) is 18.2. The molecule has 0 radical (unpaired) electrons.